The highest BCUT2D eigenvalue weighted by Gasteiger charge is 2.12. The molecule has 2 N–H and O–H groups in total. The monoisotopic (exact) mass is 256 g/mol. The first-order valence-corrected chi connectivity index (χ1v) is 5.73. The third-order valence-corrected chi connectivity index (χ3v) is 2.46. The van der Waals surface area contributed by atoms with E-state index in [0.29, 0.717) is 12.4 Å². The fraction of sp³-hybridized carbons (Fsp3) is 0.636. The lowest BCUT2D eigenvalue weighted by molar-refractivity contribution is 0.200. The van der Waals surface area contributed by atoms with Crippen molar-refractivity contribution in [2.45, 2.75) is 0 Å². The molecule has 0 amide bonds. The Morgan fingerprint density at radius 3 is 2.89 bits per heavy atom. The maximum atomic E-state index is 11.5. The highest BCUT2D eigenvalue weighted by atomic mass is 16.5. The van der Waals surface area contributed by atoms with Crippen molar-refractivity contribution < 1.29 is 9.47 Å². The van der Waals surface area contributed by atoms with E-state index in [9.17, 15) is 4.79 Å². The topological polar surface area (TPSA) is 79.5 Å². The minimum atomic E-state index is -0.276. The first-order valence-electron chi connectivity index (χ1n) is 5.73. The van der Waals surface area contributed by atoms with E-state index in [-0.39, 0.29) is 11.3 Å². The summed E-state index contributed by atoms with van der Waals surface area (Å²) in [6, 6.07) is 0. The molecule has 7 heteroatoms. The molecule has 7 nitrogen and oxygen atoms in total. The molecule has 1 rings (SSSR count). The van der Waals surface area contributed by atoms with Gasteiger partial charge in [-0.15, -0.1) is 0 Å². The van der Waals surface area contributed by atoms with Crippen LogP contribution in [-0.4, -0.2) is 57.5 Å². The fourth-order valence-corrected chi connectivity index (χ4v) is 1.49. The average Bonchev–Trinajstić information content (AvgIpc) is 2.38. The van der Waals surface area contributed by atoms with Crippen LogP contribution in [0, 0.1) is 0 Å². The number of ether oxygens (including phenoxy) is 2. The Bertz CT molecular complexity index is 408. The van der Waals surface area contributed by atoms with Gasteiger partial charge in [0.1, 0.15) is 0 Å². The van der Waals surface area contributed by atoms with Crippen LogP contribution in [0.5, 0.6) is 5.75 Å². The number of nitrogens with one attached hydrogen (secondary N) is 2. The maximum absolute atomic E-state index is 11.5. The number of methoxy groups -OCH3 is 2. The minimum absolute atomic E-state index is 0.233. The van der Waals surface area contributed by atoms with Crippen molar-refractivity contribution in [3.8, 4) is 5.75 Å². The van der Waals surface area contributed by atoms with E-state index in [1.807, 2.05) is 11.9 Å². The summed E-state index contributed by atoms with van der Waals surface area (Å²) in [4.78, 5) is 20.0. The summed E-state index contributed by atoms with van der Waals surface area (Å²) in [6.45, 7) is 2.97. The molecule has 0 aliphatic rings. The Kier molecular flexibility index (Phi) is 6.16. The second-order valence-electron chi connectivity index (χ2n) is 3.75. The first kappa shape index (κ1) is 14.5. The van der Waals surface area contributed by atoms with E-state index in [0.717, 1.165) is 19.6 Å². The molecule has 0 saturated carbocycles. The van der Waals surface area contributed by atoms with Gasteiger partial charge in [0.2, 0.25) is 5.75 Å². The van der Waals surface area contributed by atoms with Crippen LogP contribution in [0.1, 0.15) is 0 Å². The number of rotatable bonds is 8. The van der Waals surface area contributed by atoms with Gasteiger partial charge in [-0.25, -0.2) is 4.98 Å². The number of aromatic nitrogens is 2. The number of hydrogen-bond acceptors (Lipinski definition) is 6. The third-order valence-electron chi connectivity index (χ3n) is 2.46. The van der Waals surface area contributed by atoms with Gasteiger partial charge in [0, 0.05) is 33.8 Å². The number of nitrogens with zero attached hydrogens (tertiary/aromatic N) is 2. The van der Waals surface area contributed by atoms with E-state index in [2.05, 4.69) is 15.3 Å². The van der Waals surface area contributed by atoms with Crippen molar-refractivity contribution in [1.82, 2.24) is 15.3 Å². The molecular formula is C11H20N4O3. The summed E-state index contributed by atoms with van der Waals surface area (Å²) in [5.41, 5.74) is -0.276. The first-order chi connectivity index (χ1) is 8.70. The summed E-state index contributed by atoms with van der Waals surface area (Å²) in [6.07, 6.45) is 1.37. The Morgan fingerprint density at radius 1 is 1.44 bits per heavy atom. The van der Waals surface area contributed by atoms with Crippen molar-refractivity contribution in [3.05, 3.63) is 16.7 Å². The van der Waals surface area contributed by atoms with E-state index in [1.165, 1.54) is 13.4 Å². The van der Waals surface area contributed by atoms with Gasteiger partial charge in [-0.3, -0.25) is 4.79 Å². The highest BCUT2D eigenvalue weighted by Crippen LogP contribution is 2.17. The van der Waals surface area contributed by atoms with Crippen LogP contribution in [0.3, 0.4) is 0 Å². The molecule has 0 radical (unpaired) electrons. The highest BCUT2D eigenvalue weighted by molar-refractivity contribution is 5.49. The van der Waals surface area contributed by atoms with Crippen molar-refractivity contribution in [3.63, 3.8) is 0 Å². The quantitative estimate of drug-likeness (QED) is 0.608. The molecular weight excluding hydrogens is 236 g/mol. The zero-order chi connectivity index (χ0) is 13.4. The molecule has 0 saturated heterocycles. The molecule has 0 unspecified atom stereocenters. The van der Waals surface area contributed by atoms with Gasteiger partial charge in [0.05, 0.1) is 20.0 Å². The molecule has 18 heavy (non-hydrogen) atoms. The number of anilines is 1. The van der Waals surface area contributed by atoms with Gasteiger partial charge in [-0.2, -0.15) is 0 Å². The molecule has 0 aromatic carbocycles. The van der Waals surface area contributed by atoms with Crippen LogP contribution in [-0.2, 0) is 4.74 Å². The largest absolute Gasteiger partial charge is 0.489 e. The minimum Gasteiger partial charge on any atom is -0.489 e. The summed E-state index contributed by atoms with van der Waals surface area (Å²) >= 11 is 0. The molecule has 0 aliphatic heterocycles. The van der Waals surface area contributed by atoms with Crippen molar-refractivity contribution in [2.24, 2.45) is 0 Å². The van der Waals surface area contributed by atoms with Gasteiger partial charge >= 0.3 is 0 Å². The summed E-state index contributed by atoms with van der Waals surface area (Å²) in [7, 11) is 4.99. The van der Waals surface area contributed by atoms with E-state index >= 15 is 0 Å². The molecule has 0 aliphatic carbocycles. The second-order valence-corrected chi connectivity index (χ2v) is 3.75. The Balaban J connectivity index is 2.53. The summed E-state index contributed by atoms with van der Waals surface area (Å²) < 4.78 is 9.99. The van der Waals surface area contributed by atoms with Gasteiger partial charge in [0.25, 0.3) is 5.56 Å². The fourth-order valence-electron chi connectivity index (χ4n) is 1.49. The van der Waals surface area contributed by atoms with E-state index < -0.39 is 0 Å². The van der Waals surface area contributed by atoms with Gasteiger partial charge < -0.3 is 24.7 Å². The van der Waals surface area contributed by atoms with Crippen LogP contribution < -0.4 is 20.5 Å². The predicted molar refractivity (Wildman–Crippen MR) is 69.4 cm³/mol. The van der Waals surface area contributed by atoms with Crippen LogP contribution in [0.25, 0.3) is 0 Å². The lowest BCUT2D eigenvalue weighted by Gasteiger charge is -2.19. The number of aromatic amines is 1. The van der Waals surface area contributed by atoms with E-state index in [4.69, 9.17) is 9.47 Å². The Hall–Kier alpha value is -1.60. The van der Waals surface area contributed by atoms with Gasteiger partial charge in [0.15, 0.2) is 5.82 Å². The molecule has 0 atom stereocenters. The number of likely N-dealkylation sites (N-methyl/N-ethyl adjacent to an activating group) is 1. The van der Waals surface area contributed by atoms with Crippen LogP contribution in [0.2, 0.25) is 0 Å². The zero-order valence-electron chi connectivity index (χ0n) is 11.0. The summed E-state index contributed by atoms with van der Waals surface area (Å²) in [5, 5.41) is 3.22. The van der Waals surface area contributed by atoms with Crippen LogP contribution >= 0.6 is 0 Å². The lowest BCUT2D eigenvalue weighted by atomic mass is 10.4. The van der Waals surface area contributed by atoms with Crippen molar-refractivity contribution in [1.29, 1.82) is 0 Å². The molecule has 1 aromatic rings. The lowest BCUT2D eigenvalue weighted by Crippen LogP contribution is -2.32. The van der Waals surface area contributed by atoms with Crippen LogP contribution in [0.4, 0.5) is 5.82 Å². The average molecular weight is 256 g/mol. The molecule has 1 aromatic heterocycles. The summed E-state index contributed by atoms with van der Waals surface area (Å²) in [5.74, 6) is 0.770. The van der Waals surface area contributed by atoms with Crippen LogP contribution in [0.15, 0.2) is 11.1 Å². The maximum Gasteiger partial charge on any atom is 0.295 e. The number of H-pyrrole nitrogens is 1. The molecule has 0 spiro atoms. The normalized spacial score (nSPS) is 10.4. The third kappa shape index (κ3) is 4.01. The smallest absolute Gasteiger partial charge is 0.295 e. The van der Waals surface area contributed by atoms with Gasteiger partial charge in [-0.1, -0.05) is 0 Å². The van der Waals surface area contributed by atoms with E-state index in [1.54, 1.807) is 7.11 Å². The van der Waals surface area contributed by atoms with Gasteiger partial charge in [-0.05, 0) is 0 Å². The molecule has 0 bridgehead atoms. The number of hydrogen-bond donors (Lipinski definition) is 2. The second kappa shape index (κ2) is 7.67. The Labute approximate surface area is 106 Å². The Morgan fingerprint density at radius 2 is 2.22 bits per heavy atom. The standard InChI is InChI=1S/C11H20N4O3/c1-15(6-4-12-5-7-17-2)10-9(18-3)11(16)14-8-13-10/h8,12H,4-7H2,1-3H3,(H,13,14,16). The molecule has 0 fully saturated rings. The molecule has 102 valence electrons. The molecule has 1 heterocycles. The predicted octanol–water partition coefficient (Wildman–Crippen LogP) is -0.549. The van der Waals surface area contributed by atoms with Crippen molar-refractivity contribution in [2.75, 3.05) is 52.4 Å². The van der Waals surface area contributed by atoms with Crippen molar-refractivity contribution >= 4 is 5.82 Å². The SMILES string of the molecule is COCCNCCN(C)c1nc[nH]c(=O)c1OC. The zero-order valence-corrected chi connectivity index (χ0v) is 11.0.